The first-order chi connectivity index (χ1) is 15.8. The average Bonchev–Trinajstić information content (AvgIpc) is 3.40. The third-order valence-corrected chi connectivity index (χ3v) is 7.02. The van der Waals surface area contributed by atoms with Crippen molar-refractivity contribution in [1.82, 2.24) is 19.7 Å². The Morgan fingerprint density at radius 2 is 2.00 bits per heavy atom. The van der Waals surface area contributed by atoms with E-state index in [4.69, 9.17) is 4.74 Å². The first-order valence-corrected chi connectivity index (χ1v) is 11.4. The molecule has 2 fully saturated rings. The predicted octanol–water partition coefficient (Wildman–Crippen LogP) is 1.15. The molecule has 0 saturated carbocycles. The fourth-order valence-electron chi connectivity index (χ4n) is 4.22. The van der Waals surface area contributed by atoms with Crippen LogP contribution in [0, 0.1) is 5.82 Å². The molecule has 0 N–H and O–H groups in total. The zero-order chi connectivity index (χ0) is 23.3. The van der Waals surface area contributed by atoms with Gasteiger partial charge in [0.05, 0.1) is 10.2 Å². The highest BCUT2D eigenvalue weighted by Gasteiger charge is 2.51. The van der Waals surface area contributed by atoms with Crippen molar-refractivity contribution in [2.75, 3.05) is 33.7 Å². The standard InChI is InChI=1S/C21H22FN6O4S/c1-25-18-17(19(30)26(2)21(25)31)28(11-23-18)10-16(29)27-7-5-13(6-8-27)32-20-24-14-4-3-12(22)9-15(14)33-20/h3-4,9,11,13,17H,5-8,10H2,1-2H3/q+1. The number of nitrogens with zero attached hydrogens (tertiary/aromatic N) is 6. The number of likely N-dealkylation sites (tertiary alicyclic amines) is 1. The lowest BCUT2D eigenvalue weighted by Gasteiger charge is -2.33. The Balaban J connectivity index is 1.16. The number of carbonyl (C=O) groups is 3. The highest BCUT2D eigenvalue weighted by molar-refractivity contribution is 7.20. The van der Waals surface area contributed by atoms with Crippen LogP contribution in [0.4, 0.5) is 9.18 Å². The van der Waals surface area contributed by atoms with Crippen molar-refractivity contribution in [3.63, 3.8) is 0 Å². The van der Waals surface area contributed by atoms with Gasteiger partial charge in [-0.1, -0.05) is 11.3 Å². The number of amidine groups is 1. The van der Waals surface area contributed by atoms with Gasteiger partial charge in [0.1, 0.15) is 11.9 Å². The van der Waals surface area contributed by atoms with Gasteiger partial charge >= 0.3 is 6.03 Å². The number of hydrogen-bond donors (Lipinski definition) is 0. The molecule has 5 rings (SSSR count). The van der Waals surface area contributed by atoms with E-state index in [0.717, 1.165) is 9.60 Å². The van der Waals surface area contributed by atoms with Crippen molar-refractivity contribution in [1.29, 1.82) is 0 Å². The Morgan fingerprint density at radius 3 is 2.76 bits per heavy atom. The van der Waals surface area contributed by atoms with Crippen molar-refractivity contribution in [2.24, 2.45) is 4.99 Å². The Bertz CT molecular complexity index is 1220. The van der Waals surface area contributed by atoms with E-state index in [2.05, 4.69) is 9.98 Å². The molecule has 10 nitrogen and oxygen atoms in total. The summed E-state index contributed by atoms with van der Waals surface area (Å²) >= 11 is 1.30. The monoisotopic (exact) mass is 473 g/mol. The van der Waals surface area contributed by atoms with E-state index in [1.54, 1.807) is 22.6 Å². The molecular formula is C21H22FN6O4S+. The maximum Gasteiger partial charge on any atom is 0.333 e. The van der Waals surface area contributed by atoms with Gasteiger partial charge in [-0.3, -0.25) is 19.4 Å². The molecule has 0 aliphatic carbocycles. The van der Waals surface area contributed by atoms with Crippen molar-refractivity contribution in [3.05, 3.63) is 24.0 Å². The van der Waals surface area contributed by atoms with Crippen LogP contribution in [0.5, 0.6) is 5.19 Å². The normalized spacial score (nSPS) is 21.4. The summed E-state index contributed by atoms with van der Waals surface area (Å²) in [6.07, 6.45) is 2.65. The van der Waals surface area contributed by atoms with Crippen LogP contribution < -0.4 is 4.74 Å². The van der Waals surface area contributed by atoms with E-state index in [1.807, 2.05) is 0 Å². The number of halogens is 1. The summed E-state index contributed by atoms with van der Waals surface area (Å²) in [5.74, 6) is -0.497. The van der Waals surface area contributed by atoms with Gasteiger partial charge in [-0.05, 0) is 23.2 Å². The minimum absolute atomic E-state index is 0.00572. The third kappa shape index (κ3) is 3.84. The zero-order valence-electron chi connectivity index (χ0n) is 18.1. The maximum atomic E-state index is 13.4. The van der Waals surface area contributed by atoms with E-state index in [9.17, 15) is 18.8 Å². The maximum absolute atomic E-state index is 13.4. The van der Waals surface area contributed by atoms with Crippen molar-refractivity contribution < 1.29 is 28.1 Å². The molecular weight excluding hydrogens is 451 g/mol. The molecule has 12 heteroatoms. The fourth-order valence-corrected chi connectivity index (χ4v) is 5.13. The molecule has 33 heavy (non-hydrogen) atoms. The summed E-state index contributed by atoms with van der Waals surface area (Å²) < 4.78 is 21.7. The molecule has 1 aromatic carbocycles. The Hall–Kier alpha value is -3.41. The number of benzene rings is 1. The van der Waals surface area contributed by atoms with Crippen LogP contribution in [0.25, 0.3) is 10.2 Å². The lowest BCUT2D eigenvalue weighted by molar-refractivity contribution is -0.520. The lowest BCUT2D eigenvalue weighted by Crippen LogP contribution is -2.62. The number of amides is 4. The largest absolute Gasteiger partial charge is 0.467 e. The van der Waals surface area contributed by atoms with Crippen LogP contribution in [0.3, 0.4) is 0 Å². The van der Waals surface area contributed by atoms with Crippen LogP contribution in [0.1, 0.15) is 12.8 Å². The van der Waals surface area contributed by atoms with Crippen LogP contribution in [0.15, 0.2) is 23.2 Å². The summed E-state index contributed by atoms with van der Waals surface area (Å²) in [6.45, 7) is 1.02. The number of piperidine rings is 1. The summed E-state index contributed by atoms with van der Waals surface area (Å²) in [4.78, 5) is 50.3. The molecule has 172 valence electrons. The molecule has 2 saturated heterocycles. The number of aromatic nitrogens is 1. The summed E-state index contributed by atoms with van der Waals surface area (Å²) in [7, 11) is 2.98. The van der Waals surface area contributed by atoms with E-state index >= 15 is 0 Å². The van der Waals surface area contributed by atoms with Gasteiger partial charge in [-0.15, -0.1) is 0 Å². The summed E-state index contributed by atoms with van der Waals surface area (Å²) in [5.41, 5.74) is 0.697. The number of fused-ring (bicyclic) bond motifs is 2. The van der Waals surface area contributed by atoms with E-state index in [1.165, 1.54) is 41.8 Å². The molecule has 3 aliphatic rings. The number of imide groups is 1. The van der Waals surface area contributed by atoms with E-state index in [0.29, 0.717) is 42.5 Å². The number of urea groups is 1. The first-order valence-electron chi connectivity index (χ1n) is 10.5. The van der Waals surface area contributed by atoms with E-state index < -0.39 is 18.0 Å². The zero-order valence-corrected chi connectivity index (χ0v) is 18.9. The number of ether oxygens (including phenoxy) is 1. The fraction of sp³-hybridized carbons (Fsp3) is 0.429. The van der Waals surface area contributed by atoms with Crippen LogP contribution in [0.2, 0.25) is 0 Å². The Kier molecular flexibility index (Phi) is 5.31. The minimum atomic E-state index is -0.772. The SMILES string of the molecule is CN1C(=O)C2C(=NC=[N+]2CC(=O)N2CCC(Oc3nc4ccc(F)cc4s3)CC2)N(C)C1=O. The van der Waals surface area contributed by atoms with Gasteiger partial charge in [0.2, 0.25) is 0 Å². The molecule has 0 bridgehead atoms. The minimum Gasteiger partial charge on any atom is -0.467 e. The molecule has 0 radical (unpaired) electrons. The second-order valence-corrected chi connectivity index (χ2v) is 9.20. The number of aliphatic imine (C=N–C) groups is 1. The summed E-state index contributed by atoms with van der Waals surface area (Å²) in [5, 5.41) is 0.496. The number of likely N-dealkylation sites (N-methyl/N-ethyl adjacent to an activating group) is 2. The van der Waals surface area contributed by atoms with E-state index in [-0.39, 0.29) is 24.4 Å². The van der Waals surface area contributed by atoms with Gasteiger partial charge < -0.3 is 9.64 Å². The molecule has 1 aromatic heterocycles. The first kappa shape index (κ1) is 21.4. The average molecular weight is 474 g/mol. The molecule has 0 spiro atoms. The quantitative estimate of drug-likeness (QED) is 0.621. The lowest BCUT2D eigenvalue weighted by atomic mass is 10.1. The second kappa shape index (κ2) is 8.18. The third-order valence-electron chi connectivity index (χ3n) is 6.11. The molecule has 4 amide bonds. The Labute approximate surface area is 192 Å². The van der Waals surface area contributed by atoms with Gasteiger partial charge in [0.25, 0.3) is 35.2 Å². The molecule has 3 aliphatic heterocycles. The van der Waals surface area contributed by atoms with Gasteiger partial charge in [0, 0.05) is 40.0 Å². The molecule has 2 aromatic rings. The highest BCUT2D eigenvalue weighted by atomic mass is 32.1. The van der Waals surface area contributed by atoms with Crippen molar-refractivity contribution >= 4 is 51.6 Å². The predicted molar refractivity (Wildman–Crippen MR) is 118 cm³/mol. The Morgan fingerprint density at radius 1 is 1.24 bits per heavy atom. The van der Waals surface area contributed by atoms with Crippen LogP contribution in [-0.2, 0) is 9.59 Å². The number of carbonyl (C=O) groups excluding carboxylic acids is 3. The van der Waals surface area contributed by atoms with Crippen molar-refractivity contribution in [2.45, 2.75) is 25.0 Å². The number of thiazole rings is 1. The van der Waals surface area contributed by atoms with Gasteiger partial charge in [-0.25, -0.2) is 18.7 Å². The second-order valence-electron chi connectivity index (χ2n) is 8.21. The smallest absolute Gasteiger partial charge is 0.333 e. The van der Waals surface area contributed by atoms with Crippen LogP contribution >= 0.6 is 11.3 Å². The highest BCUT2D eigenvalue weighted by Crippen LogP contribution is 2.30. The molecule has 1 atom stereocenters. The van der Waals surface area contributed by atoms with Gasteiger partial charge in [0.15, 0.2) is 6.54 Å². The van der Waals surface area contributed by atoms with Crippen molar-refractivity contribution in [3.8, 4) is 5.19 Å². The molecule has 1 unspecified atom stereocenters. The summed E-state index contributed by atoms with van der Waals surface area (Å²) in [6, 6.07) is 3.22. The number of rotatable bonds is 4. The number of hydrogen-bond acceptors (Lipinski definition) is 7. The van der Waals surface area contributed by atoms with Gasteiger partial charge in [-0.2, -0.15) is 0 Å². The van der Waals surface area contributed by atoms with Crippen LogP contribution in [-0.4, -0.2) is 100 Å². The topological polar surface area (TPSA) is 98.4 Å². The molecule has 4 heterocycles.